The van der Waals surface area contributed by atoms with Crippen molar-refractivity contribution in [3.8, 4) is 0 Å². The van der Waals surface area contributed by atoms with E-state index in [4.69, 9.17) is 9.63 Å². The lowest BCUT2D eigenvalue weighted by Crippen LogP contribution is -2.37. The van der Waals surface area contributed by atoms with Gasteiger partial charge in [-0.15, -0.1) is 0 Å². The molecule has 0 saturated carbocycles. The smallest absolute Gasteiger partial charge is 0.315 e. The average Bonchev–Trinajstić information content (AvgIpc) is 3.07. The Morgan fingerprint density at radius 1 is 1.29 bits per heavy atom. The molecule has 0 radical (unpaired) electrons. The quantitative estimate of drug-likeness (QED) is 0.693. The first-order chi connectivity index (χ1) is 11.6. The van der Waals surface area contributed by atoms with Crippen molar-refractivity contribution >= 4 is 6.03 Å². The minimum absolute atomic E-state index is 0.0999. The zero-order chi connectivity index (χ0) is 17.4. The third-order valence-corrected chi connectivity index (χ3v) is 3.75. The second kappa shape index (κ2) is 9.08. The number of nitrogens with one attached hydrogen (secondary N) is 2. The SMILES string of the molecule is CC(C)c1cc(CNC(=O)NC(CCCO)c2ccccc2)on1. The van der Waals surface area contributed by atoms with Gasteiger partial charge in [0.15, 0.2) is 5.76 Å². The van der Waals surface area contributed by atoms with Gasteiger partial charge in [-0.2, -0.15) is 0 Å². The van der Waals surface area contributed by atoms with Crippen molar-refractivity contribution < 1.29 is 14.4 Å². The lowest BCUT2D eigenvalue weighted by Gasteiger charge is -2.19. The van der Waals surface area contributed by atoms with E-state index in [1.807, 2.05) is 50.2 Å². The zero-order valence-electron chi connectivity index (χ0n) is 14.2. The van der Waals surface area contributed by atoms with Gasteiger partial charge in [0.05, 0.1) is 18.3 Å². The zero-order valence-corrected chi connectivity index (χ0v) is 14.2. The molecule has 1 unspecified atom stereocenters. The van der Waals surface area contributed by atoms with Crippen LogP contribution in [0.3, 0.4) is 0 Å². The second-order valence-electron chi connectivity index (χ2n) is 6.03. The Labute approximate surface area is 142 Å². The van der Waals surface area contributed by atoms with Crippen molar-refractivity contribution in [2.45, 2.75) is 45.2 Å². The third-order valence-electron chi connectivity index (χ3n) is 3.75. The molecule has 3 N–H and O–H groups in total. The number of aliphatic hydroxyl groups excluding tert-OH is 1. The molecule has 0 aliphatic rings. The lowest BCUT2D eigenvalue weighted by atomic mass is 10.0. The molecule has 0 spiro atoms. The number of aliphatic hydroxyl groups is 1. The fourth-order valence-electron chi connectivity index (χ4n) is 2.36. The number of carbonyl (C=O) groups excluding carboxylic acids is 1. The number of benzene rings is 1. The van der Waals surface area contributed by atoms with Crippen molar-refractivity contribution in [2.24, 2.45) is 0 Å². The van der Waals surface area contributed by atoms with Crippen molar-refractivity contribution in [3.63, 3.8) is 0 Å². The predicted octanol–water partition coefficient (Wildman–Crippen LogP) is 3.11. The Morgan fingerprint density at radius 2 is 2.04 bits per heavy atom. The highest BCUT2D eigenvalue weighted by atomic mass is 16.5. The van der Waals surface area contributed by atoms with Gasteiger partial charge in [-0.05, 0) is 24.3 Å². The monoisotopic (exact) mass is 331 g/mol. The number of urea groups is 1. The summed E-state index contributed by atoms with van der Waals surface area (Å²) in [5, 5.41) is 18.7. The molecule has 1 heterocycles. The summed E-state index contributed by atoms with van der Waals surface area (Å²) in [6.45, 7) is 4.45. The van der Waals surface area contributed by atoms with Crippen LogP contribution in [-0.4, -0.2) is 22.9 Å². The highest BCUT2D eigenvalue weighted by molar-refractivity contribution is 5.74. The summed E-state index contributed by atoms with van der Waals surface area (Å²) >= 11 is 0. The standard InChI is InChI=1S/C18H25N3O3/c1-13(2)17-11-15(24-21-17)12-19-18(23)20-16(9-6-10-22)14-7-4-3-5-8-14/h3-5,7-8,11,13,16,22H,6,9-10,12H2,1-2H3,(H2,19,20,23). The Balaban J connectivity index is 1.89. The summed E-state index contributed by atoms with van der Waals surface area (Å²) in [6.07, 6.45) is 1.30. The maximum Gasteiger partial charge on any atom is 0.315 e. The Bertz CT molecular complexity index is 625. The highest BCUT2D eigenvalue weighted by Gasteiger charge is 2.15. The summed E-state index contributed by atoms with van der Waals surface area (Å²) < 4.78 is 5.21. The third kappa shape index (κ3) is 5.38. The number of rotatable bonds is 8. The molecule has 2 amide bonds. The Kier molecular flexibility index (Phi) is 6.81. The molecule has 2 rings (SSSR count). The van der Waals surface area contributed by atoms with Crippen LogP contribution < -0.4 is 10.6 Å². The van der Waals surface area contributed by atoms with E-state index < -0.39 is 0 Å². The van der Waals surface area contributed by atoms with Crippen LogP contribution in [0.4, 0.5) is 4.79 Å². The van der Waals surface area contributed by atoms with Gasteiger partial charge in [-0.1, -0.05) is 49.3 Å². The predicted molar refractivity (Wildman–Crippen MR) is 91.5 cm³/mol. The fourth-order valence-corrected chi connectivity index (χ4v) is 2.36. The van der Waals surface area contributed by atoms with Gasteiger partial charge in [0.2, 0.25) is 0 Å². The van der Waals surface area contributed by atoms with E-state index in [9.17, 15) is 4.79 Å². The molecule has 0 fully saturated rings. The van der Waals surface area contributed by atoms with E-state index in [0.29, 0.717) is 18.6 Å². The number of amides is 2. The summed E-state index contributed by atoms with van der Waals surface area (Å²) in [7, 11) is 0. The maximum atomic E-state index is 12.2. The van der Waals surface area contributed by atoms with E-state index in [2.05, 4.69) is 15.8 Å². The molecule has 2 aromatic rings. The molecular weight excluding hydrogens is 306 g/mol. The molecule has 6 heteroatoms. The normalized spacial score (nSPS) is 12.2. The van der Waals surface area contributed by atoms with Crippen molar-refractivity contribution in [1.29, 1.82) is 0 Å². The number of carbonyl (C=O) groups is 1. The number of nitrogens with zero attached hydrogens (tertiary/aromatic N) is 1. The average molecular weight is 331 g/mol. The molecule has 0 aliphatic carbocycles. The molecule has 0 aliphatic heterocycles. The van der Waals surface area contributed by atoms with Crippen LogP contribution in [0.15, 0.2) is 40.9 Å². The molecule has 0 bridgehead atoms. The van der Waals surface area contributed by atoms with Crippen LogP contribution in [0, 0.1) is 0 Å². The molecule has 1 atom stereocenters. The van der Waals surface area contributed by atoms with E-state index in [-0.39, 0.29) is 31.1 Å². The van der Waals surface area contributed by atoms with Crippen molar-refractivity contribution in [1.82, 2.24) is 15.8 Å². The molecule has 24 heavy (non-hydrogen) atoms. The van der Waals surface area contributed by atoms with Crippen molar-refractivity contribution in [3.05, 3.63) is 53.4 Å². The van der Waals surface area contributed by atoms with Gasteiger partial charge in [-0.25, -0.2) is 4.79 Å². The van der Waals surface area contributed by atoms with Crippen LogP contribution in [0.5, 0.6) is 0 Å². The van der Waals surface area contributed by atoms with E-state index >= 15 is 0 Å². The van der Waals surface area contributed by atoms with Gasteiger partial charge in [0, 0.05) is 12.7 Å². The summed E-state index contributed by atoms with van der Waals surface area (Å²) in [4.78, 5) is 12.2. The van der Waals surface area contributed by atoms with Crippen LogP contribution in [0.25, 0.3) is 0 Å². The number of hydrogen-bond acceptors (Lipinski definition) is 4. The molecule has 130 valence electrons. The first kappa shape index (κ1) is 18.0. The van der Waals surface area contributed by atoms with E-state index in [0.717, 1.165) is 11.3 Å². The molecule has 0 saturated heterocycles. The van der Waals surface area contributed by atoms with Crippen LogP contribution in [0.2, 0.25) is 0 Å². The van der Waals surface area contributed by atoms with Crippen LogP contribution in [0.1, 0.15) is 55.7 Å². The summed E-state index contributed by atoms with van der Waals surface area (Å²) in [6, 6.07) is 11.2. The van der Waals surface area contributed by atoms with Gasteiger partial charge >= 0.3 is 6.03 Å². The summed E-state index contributed by atoms with van der Waals surface area (Å²) in [5.41, 5.74) is 1.89. The van der Waals surface area contributed by atoms with Gasteiger partial charge in [-0.3, -0.25) is 0 Å². The Morgan fingerprint density at radius 3 is 2.67 bits per heavy atom. The minimum Gasteiger partial charge on any atom is -0.396 e. The highest BCUT2D eigenvalue weighted by Crippen LogP contribution is 2.18. The topological polar surface area (TPSA) is 87.4 Å². The second-order valence-corrected chi connectivity index (χ2v) is 6.03. The minimum atomic E-state index is -0.274. The fraction of sp³-hybridized carbons (Fsp3) is 0.444. The van der Waals surface area contributed by atoms with Crippen molar-refractivity contribution in [2.75, 3.05) is 6.61 Å². The first-order valence-corrected chi connectivity index (χ1v) is 8.25. The first-order valence-electron chi connectivity index (χ1n) is 8.25. The van der Waals surface area contributed by atoms with Gasteiger partial charge in [0.25, 0.3) is 0 Å². The van der Waals surface area contributed by atoms with Crippen LogP contribution >= 0.6 is 0 Å². The van der Waals surface area contributed by atoms with E-state index in [1.54, 1.807) is 0 Å². The summed E-state index contributed by atoms with van der Waals surface area (Å²) in [5.74, 6) is 0.915. The van der Waals surface area contributed by atoms with Gasteiger partial charge < -0.3 is 20.3 Å². The largest absolute Gasteiger partial charge is 0.396 e. The Hall–Kier alpha value is -2.34. The van der Waals surface area contributed by atoms with Gasteiger partial charge in [0.1, 0.15) is 0 Å². The number of aromatic nitrogens is 1. The molecule has 1 aromatic carbocycles. The molecule has 1 aromatic heterocycles. The van der Waals surface area contributed by atoms with Crippen LogP contribution in [-0.2, 0) is 6.54 Å². The maximum absolute atomic E-state index is 12.2. The lowest BCUT2D eigenvalue weighted by molar-refractivity contribution is 0.231. The number of hydrogen-bond donors (Lipinski definition) is 3. The van der Waals surface area contributed by atoms with E-state index in [1.165, 1.54) is 0 Å². The molecule has 6 nitrogen and oxygen atoms in total. The molecular formula is C18H25N3O3.